The van der Waals surface area contributed by atoms with Crippen LogP contribution in [0.2, 0.25) is 0 Å². The van der Waals surface area contributed by atoms with E-state index in [1.54, 1.807) is 12.4 Å². The predicted octanol–water partition coefficient (Wildman–Crippen LogP) is 4.09. The number of carbonyl (C=O) groups excluding carboxylic acids is 1. The Morgan fingerprint density at radius 2 is 2.14 bits per heavy atom. The van der Waals surface area contributed by atoms with Gasteiger partial charge in [0.2, 0.25) is 0 Å². The molecule has 0 atom stereocenters. The summed E-state index contributed by atoms with van der Waals surface area (Å²) in [6.07, 6.45) is 5.03. The molecule has 3 N–H and O–H groups in total. The highest BCUT2D eigenvalue weighted by molar-refractivity contribution is 5.93. The highest BCUT2D eigenvalue weighted by atomic mass is 16.6. The van der Waals surface area contributed by atoms with Crippen molar-refractivity contribution in [2.75, 3.05) is 0 Å². The molecule has 29 heavy (non-hydrogen) atoms. The molecule has 3 heterocycles. The Balaban J connectivity index is 1.46. The first-order valence-corrected chi connectivity index (χ1v) is 9.70. The second kappa shape index (κ2) is 6.30. The molecule has 1 aliphatic rings. The smallest absolute Gasteiger partial charge is 0.406 e. The quantitative estimate of drug-likeness (QED) is 0.486. The third kappa shape index (κ3) is 3.20. The summed E-state index contributed by atoms with van der Waals surface area (Å²) in [6, 6.07) is 6.08. The topological polar surface area (TPSA) is 109 Å². The first-order chi connectivity index (χ1) is 13.9. The van der Waals surface area contributed by atoms with Gasteiger partial charge in [-0.2, -0.15) is 5.10 Å². The fourth-order valence-corrected chi connectivity index (χ4v) is 3.68. The summed E-state index contributed by atoms with van der Waals surface area (Å²) in [5.74, 6) is 0.843. The van der Waals surface area contributed by atoms with Crippen LogP contribution >= 0.6 is 0 Å². The summed E-state index contributed by atoms with van der Waals surface area (Å²) in [6.45, 7) is 6.07. The fourth-order valence-electron chi connectivity index (χ4n) is 3.68. The third-order valence-electron chi connectivity index (χ3n) is 5.53. The molecule has 0 unspecified atom stereocenters. The molecule has 1 fully saturated rings. The number of hydrogen-bond acceptors (Lipinski definition) is 5. The van der Waals surface area contributed by atoms with E-state index >= 15 is 0 Å². The molecule has 0 aliphatic heterocycles. The van der Waals surface area contributed by atoms with E-state index in [9.17, 15) is 4.79 Å². The van der Waals surface area contributed by atoms with E-state index in [1.165, 1.54) is 0 Å². The Bertz CT molecular complexity index is 1230. The minimum Gasteiger partial charge on any atom is -0.406 e. The standard InChI is InChI=1S/C21H22N6O2/c1-11-4-7-13-14(8-11)26-27-17(13)15-9-22-19-18(24-15)16(10-23-19)29-20(28)25-21(2,3)12-5-6-12/h4,7-10,12H,5-6H2,1-3H3,(H,22,23)(H,25,28)(H,26,27). The molecule has 8 heteroatoms. The van der Waals surface area contributed by atoms with E-state index in [4.69, 9.17) is 4.74 Å². The molecule has 0 bridgehead atoms. The van der Waals surface area contributed by atoms with E-state index in [1.807, 2.05) is 39.0 Å². The van der Waals surface area contributed by atoms with Crippen LogP contribution in [0.25, 0.3) is 33.5 Å². The number of nitrogens with zero attached hydrogens (tertiary/aromatic N) is 3. The van der Waals surface area contributed by atoms with Crippen molar-refractivity contribution >= 4 is 28.2 Å². The molecule has 0 radical (unpaired) electrons. The van der Waals surface area contributed by atoms with E-state index in [0.717, 1.165) is 29.3 Å². The molecule has 1 saturated carbocycles. The van der Waals surface area contributed by atoms with Gasteiger partial charge in [-0.05, 0) is 51.2 Å². The minimum atomic E-state index is -0.490. The molecule has 3 aromatic heterocycles. The van der Waals surface area contributed by atoms with Crippen LogP contribution in [0.5, 0.6) is 5.75 Å². The van der Waals surface area contributed by atoms with Crippen LogP contribution < -0.4 is 10.1 Å². The maximum absolute atomic E-state index is 12.4. The molecule has 0 spiro atoms. The van der Waals surface area contributed by atoms with Crippen LogP contribution in [0.4, 0.5) is 4.79 Å². The number of rotatable bonds is 4. The highest BCUT2D eigenvalue weighted by Crippen LogP contribution is 2.39. The van der Waals surface area contributed by atoms with Gasteiger partial charge >= 0.3 is 6.09 Å². The number of aromatic amines is 2. The van der Waals surface area contributed by atoms with Gasteiger partial charge in [0.1, 0.15) is 11.4 Å². The van der Waals surface area contributed by atoms with Crippen LogP contribution in [0.15, 0.2) is 30.6 Å². The van der Waals surface area contributed by atoms with Crippen molar-refractivity contribution in [1.82, 2.24) is 30.5 Å². The average molecular weight is 390 g/mol. The molecule has 1 aliphatic carbocycles. The molecule has 1 amide bonds. The number of ether oxygens (including phenoxy) is 1. The number of amides is 1. The fraction of sp³-hybridized carbons (Fsp3) is 0.333. The first-order valence-electron chi connectivity index (χ1n) is 9.70. The SMILES string of the molecule is Cc1ccc2c(-c3cnc4[nH]cc(OC(=O)NC(C)(C)C5CC5)c4n3)n[nH]c2c1. The van der Waals surface area contributed by atoms with E-state index in [0.29, 0.717) is 34.2 Å². The van der Waals surface area contributed by atoms with Gasteiger partial charge in [-0.25, -0.2) is 14.8 Å². The van der Waals surface area contributed by atoms with Gasteiger partial charge in [-0.3, -0.25) is 5.10 Å². The Labute approximate surface area is 167 Å². The van der Waals surface area contributed by atoms with Crippen LogP contribution in [-0.4, -0.2) is 36.8 Å². The first kappa shape index (κ1) is 17.7. The summed E-state index contributed by atoms with van der Waals surface area (Å²) < 4.78 is 5.55. The van der Waals surface area contributed by atoms with Gasteiger partial charge in [-0.15, -0.1) is 0 Å². The largest absolute Gasteiger partial charge is 0.413 e. The number of aryl methyl sites for hydroxylation is 1. The van der Waals surface area contributed by atoms with Crippen molar-refractivity contribution in [3.8, 4) is 17.1 Å². The van der Waals surface area contributed by atoms with Crippen LogP contribution in [0.1, 0.15) is 32.3 Å². The Morgan fingerprint density at radius 1 is 1.31 bits per heavy atom. The summed E-state index contributed by atoms with van der Waals surface area (Å²) in [5, 5.41) is 11.4. The second-order valence-corrected chi connectivity index (χ2v) is 8.24. The van der Waals surface area contributed by atoms with E-state index in [2.05, 4.69) is 30.5 Å². The lowest BCUT2D eigenvalue weighted by Gasteiger charge is -2.25. The number of hydrogen-bond donors (Lipinski definition) is 3. The zero-order valence-corrected chi connectivity index (χ0v) is 16.5. The molecule has 8 nitrogen and oxygen atoms in total. The highest BCUT2D eigenvalue weighted by Gasteiger charge is 2.39. The molecule has 5 rings (SSSR count). The van der Waals surface area contributed by atoms with Gasteiger partial charge in [0.05, 0.1) is 11.7 Å². The van der Waals surface area contributed by atoms with Gasteiger partial charge in [0.25, 0.3) is 0 Å². The molecular weight excluding hydrogens is 368 g/mol. The van der Waals surface area contributed by atoms with Crippen molar-refractivity contribution in [2.24, 2.45) is 5.92 Å². The monoisotopic (exact) mass is 390 g/mol. The van der Waals surface area contributed by atoms with E-state index < -0.39 is 6.09 Å². The van der Waals surface area contributed by atoms with Gasteiger partial charge < -0.3 is 15.0 Å². The average Bonchev–Trinajstić information content (AvgIpc) is 3.37. The maximum Gasteiger partial charge on any atom is 0.413 e. The van der Waals surface area contributed by atoms with Crippen LogP contribution in [-0.2, 0) is 0 Å². The molecule has 148 valence electrons. The molecular formula is C21H22N6O2. The van der Waals surface area contributed by atoms with E-state index in [-0.39, 0.29) is 5.54 Å². The van der Waals surface area contributed by atoms with Crippen molar-refractivity contribution in [2.45, 2.75) is 39.2 Å². The van der Waals surface area contributed by atoms with Crippen molar-refractivity contribution < 1.29 is 9.53 Å². The number of carbonyl (C=O) groups is 1. The van der Waals surface area contributed by atoms with Crippen LogP contribution in [0.3, 0.4) is 0 Å². The number of benzene rings is 1. The summed E-state index contributed by atoms with van der Waals surface area (Å²) in [4.78, 5) is 24.5. The lowest BCUT2D eigenvalue weighted by Crippen LogP contribution is -2.46. The Morgan fingerprint density at radius 3 is 2.93 bits per heavy atom. The zero-order chi connectivity index (χ0) is 20.2. The van der Waals surface area contributed by atoms with Gasteiger partial charge in [0.15, 0.2) is 16.9 Å². The summed E-state index contributed by atoms with van der Waals surface area (Å²) in [7, 11) is 0. The van der Waals surface area contributed by atoms with Crippen LogP contribution in [0, 0.1) is 12.8 Å². The second-order valence-electron chi connectivity index (χ2n) is 8.24. The van der Waals surface area contributed by atoms with Crippen molar-refractivity contribution in [3.05, 3.63) is 36.2 Å². The maximum atomic E-state index is 12.4. The molecule has 0 saturated heterocycles. The lowest BCUT2D eigenvalue weighted by molar-refractivity contribution is 0.185. The minimum absolute atomic E-state index is 0.286. The van der Waals surface area contributed by atoms with Gasteiger partial charge in [0, 0.05) is 17.1 Å². The molecule has 4 aromatic rings. The number of H-pyrrole nitrogens is 2. The molecule has 1 aromatic carbocycles. The number of aromatic nitrogens is 5. The Hall–Kier alpha value is -3.42. The van der Waals surface area contributed by atoms with Gasteiger partial charge in [-0.1, -0.05) is 12.1 Å². The lowest BCUT2D eigenvalue weighted by atomic mass is 9.99. The number of nitrogens with one attached hydrogen (secondary N) is 3. The normalized spacial score (nSPS) is 14.4. The number of fused-ring (bicyclic) bond motifs is 2. The van der Waals surface area contributed by atoms with Crippen molar-refractivity contribution in [1.29, 1.82) is 0 Å². The third-order valence-corrected chi connectivity index (χ3v) is 5.53. The Kier molecular flexibility index (Phi) is 3.84. The summed E-state index contributed by atoms with van der Waals surface area (Å²) >= 11 is 0. The predicted molar refractivity (Wildman–Crippen MR) is 110 cm³/mol. The van der Waals surface area contributed by atoms with Crippen molar-refractivity contribution in [3.63, 3.8) is 0 Å². The zero-order valence-electron chi connectivity index (χ0n) is 16.5. The summed E-state index contributed by atoms with van der Waals surface area (Å²) in [5.41, 5.74) is 4.16.